The number of hydrogen-bond acceptors (Lipinski definition) is 3. The van der Waals surface area contributed by atoms with E-state index in [1.165, 1.54) is 0 Å². The number of ether oxygens (including phenoxy) is 1. The lowest BCUT2D eigenvalue weighted by atomic mass is 10.00. The van der Waals surface area contributed by atoms with Gasteiger partial charge in [0.15, 0.2) is 5.88 Å². The molecule has 1 aliphatic heterocycles. The van der Waals surface area contributed by atoms with Crippen molar-refractivity contribution in [2.45, 2.75) is 39.2 Å². The average Bonchev–Trinajstić information content (AvgIpc) is 1.83. The van der Waals surface area contributed by atoms with Crippen molar-refractivity contribution < 1.29 is 9.53 Å². The monoisotopic (exact) mass is 169 g/mol. The molecule has 0 amide bonds. The molecule has 0 aromatic carbocycles. The van der Waals surface area contributed by atoms with Crippen LogP contribution >= 0.6 is 0 Å². The number of rotatable bonds is 3. The van der Waals surface area contributed by atoms with E-state index >= 15 is 0 Å². The van der Waals surface area contributed by atoms with Crippen LogP contribution in [0.2, 0.25) is 0 Å². The highest BCUT2D eigenvalue weighted by atomic mass is 16.5. The molecular weight excluding hydrogens is 154 g/mol. The van der Waals surface area contributed by atoms with Gasteiger partial charge >= 0.3 is 5.97 Å². The summed E-state index contributed by atoms with van der Waals surface area (Å²) in [5.41, 5.74) is -0.0121. The summed E-state index contributed by atoms with van der Waals surface area (Å²) in [5, 5.41) is 3.03. The molecule has 0 aliphatic carbocycles. The summed E-state index contributed by atoms with van der Waals surface area (Å²) in [7, 11) is 0. The SMILES string of the molecule is CCCC(=O)OC1=CC(C)(C)N1. The fourth-order valence-corrected chi connectivity index (χ4v) is 1.07. The van der Waals surface area contributed by atoms with Crippen LogP contribution in [0, 0.1) is 0 Å². The summed E-state index contributed by atoms with van der Waals surface area (Å²) >= 11 is 0. The van der Waals surface area contributed by atoms with Crippen LogP contribution < -0.4 is 5.32 Å². The Morgan fingerprint density at radius 3 is 2.67 bits per heavy atom. The van der Waals surface area contributed by atoms with Crippen LogP contribution in [-0.4, -0.2) is 11.5 Å². The molecule has 1 aliphatic rings. The van der Waals surface area contributed by atoms with Gasteiger partial charge in [0, 0.05) is 12.5 Å². The van der Waals surface area contributed by atoms with Crippen LogP contribution in [0.1, 0.15) is 33.6 Å². The first-order valence-corrected chi connectivity index (χ1v) is 4.25. The second-order valence-corrected chi connectivity index (χ2v) is 3.58. The number of hydrogen-bond donors (Lipinski definition) is 1. The number of carbonyl (C=O) groups excluding carboxylic acids is 1. The Morgan fingerprint density at radius 1 is 1.67 bits per heavy atom. The van der Waals surface area contributed by atoms with Gasteiger partial charge in [0.1, 0.15) is 0 Å². The predicted octanol–water partition coefficient (Wildman–Crippen LogP) is 1.55. The van der Waals surface area contributed by atoms with Crippen LogP contribution in [0.15, 0.2) is 12.0 Å². The first kappa shape index (κ1) is 9.10. The van der Waals surface area contributed by atoms with E-state index in [-0.39, 0.29) is 11.5 Å². The Morgan fingerprint density at radius 2 is 2.25 bits per heavy atom. The molecular formula is C9H15NO2. The standard InChI is InChI=1S/C9H15NO2/c1-4-5-8(11)12-7-6-9(2,3)10-7/h6,10H,4-5H2,1-3H3. The maximum atomic E-state index is 11.0. The van der Waals surface area contributed by atoms with Gasteiger partial charge in [-0.05, 0) is 20.3 Å². The largest absolute Gasteiger partial charge is 0.410 e. The lowest BCUT2D eigenvalue weighted by Gasteiger charge is -2.33. The normalized spacial score (nSPS) is 18.8. The third-order valence-corrected chi connectivity index (χ3v) is 1.62. The van der Waals surface area contributed by atoms with Gasteiger partial charge in [0.2, 0.25) is 0 Å². The van der Waals surface area contributed by atoms with E-state index in [2.05, 4.69) is 5.32 Å². The minimum Gasteiger partial charge on any atom is -0.410 e. The average molecular weight is 169 g/mol. The highest BCUT2D eigenvalue weighted by Crippen LogP contribution is 2.20. The van der Waals surface area contributed by atoms with E-state index < -0.39 is 0 Å². The molecule has 1 rings (SSSR count). The quantitative estimate of drug-likeness (QED) is 0.651. The van der Waals surface area contributed by atoms with Crippen LogP contribution in [-0.2, 0) is 9.53 Å². The van der Waals surface area contributed by atoms with Gasteiger partial charge < -0.3 is 10.1 Å². The molecule has 0 spiro atoms. The second kappa shape index (κ2) is 3.17. The van der Waals surface area contributed by atoms with Crippen molar-refractivity contribution in [1.29, 1.82) is 0 Å². The molecule has 0 fully saturated rings. The Balaban J connectivity index is 2.31. The summed E-state index contributed by atoms with van der Waals surface area (Å²) in [5.74, 6) is 0.435. The zero-order valence-corrected chi connectivity index (χ0v) is 7.81. The Labute approximate surface area is 72.8 Å². The van der Waals surface area contributed by atoms with Gasteiger partial charge in [-0.3, -0.25) is 4.79 Å². The predicted molar refractivity (Wildman–Crippen MR) is 46.3 cm³/mol. The smallest absolute Gasteiger partial charge is 0.312 e. The van der Waals surface area contributed by atoms with Gasteiger partial charge in [-0.2, -0.15) is 0 Å². The summed E-state index contributed by atoms with van der Waals surface area (Å²) < 4.78 is 4.97. The fourth-order valence-electron chi connectivity index (χ4n) is 1.07. The van der Waals surface area contributed by atoms with Gasteiger partial charge in [0.05, 0.1) is 5.54 Å². The van der Waals surface area contributed by atoms with Gasteiger partial charge in [-0.1, -0.05) is 6.92 Å². The van der Waals surface area contributed by atoms with Crippen LogP contribution in [0.3, 0.4) is 0 Å². The maximum absolute atomic E-state index is 11.0. The second-order valence-electron chi connectivity index (χ2n) is 3.58. The molecule has 0 radical (unpaired) electrons. The summed E-state index contributed by atoms with van der Waals surface area (Å²) in [6, 6.07) is 0. The van der Waals surface area contributed by atoms with Crippen molar-refractivity contribution in [3.05, 3.63) is 12.0 Å². The van der Waals surface area contributed by atoms with Crippen LogP contribution in [0.25, 0.3) is 0 Å². The number of carbonyl (C=O) groups is 1. The van der Waals surface area contributed by atoms with Gasteiger partial charge in [-0.15, -0.1) is 0 Å². The highest BCUT2D eigenvalue weighted by Gasteiger charge is 2.27. The minimum atomic E-state index is -0.160. The Hall–Kier alpha value is -0.990. The van der Waals surface area contributed by atoms with Gasteiger partial charge in [-0.25, -0.2) is 0 Å². The first-order valence-electron chi connectivity index (χ1n) is 4.25. The summed E-state index contributed by atoms with van der Waals surface area (Å²) in [6.07, 6.45) is 3.22. The number of nitrogens with one attached hydrogen (secondary N) is 1. The van der Waals surface area contributed by atoms with Gasteiger partial charge in [0.25, 0.3) is 0 Å². The summed E-state index contributed by atoms with van der Waals surface area (Å²) in [6.45, 7) is 5.99. The zero-order chi connectivity index (χ0) is 9.19. The van der Waals surface area contributed by atoms with Crippen molar-refractivity contribution in [2.24, 2.45) is 0 Å². The van der Waals surface area contributed by atoms with E-state index in [4.69, 9.17) is 4.74 Å². The molecule has 0 unspecified atom stereocenters. The highest BCUT2D eigenvalue weighted by molar-refractivity contribution is 5.70. The molecule has 1 N–H and O–H groups in total. The molecule has 0 saturated heterocycles. The van der Waals surface area contributed by atoms with E-state index in [9.17, 15) is 4.79 Å². The Bertz CT molecular complexity index is 219. The first-order chi connectivity index (χ1) is 5.53. The zero-order valence-electron chi connectivity index (χ0n) is 7.81. The van der Waals surface area contributed by atoms with E-state index in [1.54, 1.807) is 0 Å². The molecule has 12 heavy (non-hydrogen) atoms. The lowest BCUT2D eigenvalue weighted by Crippen LogP contribution is -2.47. The van der Waals surface area contributed by atoms with Crippen molar-refractivity contribution in [3.8, 4) is 0 Å². The fraction of sp³-hybridized carbons (Fsp3) is 0.667. The van der Waals surface area contributed by atoms with Crippen LogP contribution in [0.4, 0.5) is 0 Å². The molecule has 0 saturated carbocycles. The maximum Gasteiger partial charge on any atom is 0.312 e. The van der Waals surface area contributed by atoms with Crippen LogP contribution in [0.5, 0.6) is 0 Å². The van der Waals surface area contributed by atoms with Crippen molar-refractivity contribution >= 4 is 5.97 Å². The Kier molecular flexibility index (Phi) is 2.40. The molecule has 0 aromatic heterocycles. The third-order valence-electron chi connectivity index (χ3n) is 1.62. The molecule has 1 heterocycles. The molecule has 0 bridgehead atoms. The lowest BCUT2D eigenvalue weighted by molar-refractivity contribution is -0.140. The number of esters is 1. The van der Waals surface area contributed by atoms with Crippen molar-refractivity contribution in [1.82, 2.24) is 5.32 Å². The topological polar surface area (TPSA) is 38.3 Å². The molecule has 0 aromatic rings. The molecule has 68 valence electrons. The summed E-state index contributed by atoms with van der Waals surface area (Å²) in [4.78, 5) is 11.0. The van der Waals surface area contributed by atoms with Crippen molar-refractivity contribution in [2.75, 3.05) is 0 Å². The molecule has 3 heteroatoms. The minimum absolute atomic E-state index is 0.0121. The van der Waals surface area contributed by atoms with E-state index in [0.717, 1.165) is 6.42 Å². The molecule has 3 nitrogen and oxygen atoms in total. The molecule has 0 atom stereocenters. The van der Waals surface area contributed by atoms with Crippen molar-refractivity contribution in [3.63, 3.8) is 0 Å². The third kappa shape index (κ3) is 2.26. The van der Waals surface area contributed by atoms with E-state index in [0.29, 0.717) is 12.3 Å². The van der Waals surface area contributed by atoms with E-state index in [1.807, 2.05) is 26.8 Å².